The van der Waals surface area contributed by atoms with Crippen LogP contribution in [0.1, 0.15) is 17.5 Å². The Morgan fingerprint density at radius 1 is 1.04 bits per heavy atom. The Bertz CT molecular complexity index is 692. The van der Waals surface area contributed by atoms with Gasteiger partial charge in [0, 0.05) is 18.6 Å². The van der Waals surface area contributed by atoms with Crippen LogP contribution in [-0.4, -0.2) is 28.9 Å². The molecule has 3 N–H and O–H groups in total. The number of phenols is 1. The third-order valence-electron chi connectivity index (χ3n) is 3.09. The molecule has 2 aromatic carbocycles. The van der Waals surface area contributed by atoms with Gasteiger partial charge in [0.25, 0.3) is 5.91 Å². The second-order valence-corrected chi connectivity index (χ2v) is 4.84. The maximum atomic E-state index is 12.1. The third kappa shape index (κ3) is 5.41. The number of amides is 1. The Labute approximate surface area is 134 Å². The van der Waals surface area contributed by atoms with Crippen molar-refractivity contribution in [1.82, 2.24) is 5.43 Å². The van der Waals surface area contributed by atoms with Gasteiger partial charge in [-0.05, 0) is 41.5 Å². The molecule has 2 rings (SSSR count). The van der Waals surface area contributed by atoms with Crippen molar-refractivity contribution in [3.63, 3.8) is 0 Å². The number of carbonyl (C=O) groups excluding carboxylic acids is 1. The number of hydrazone groups is 1. The van der Waals surface area contributed by atoms with E-state index in [9.17, 15) is 9.90 Å². The molecule has 0 heterocycles. The minimum absolute atomic E-state index is 0.117. The number of hydrogen-bond acceptors (Lipinski definition) is 4. The molecule has 0 saturated heterocycles. The standard InChI is InChI=1S/C18H18N2O3/c21-11-10-16(12-14-4-2-1-3-5-14)18(23)20-19-13-15-6-8-17(22)9-7-15/h1-9,12-13,21-22H,10-11H2,(H,20,23)/b16-12+,19-13-. The van der Waals surface area contributed by atoms with Crippen molar-refractivity contribution < 1.29 is 15.0 Å². The molecular weight excluding hydrogens is 292 g/mol. The van der Waals surface area contributed by atoms with Gasteiger partial charge in [-0.25, -0.2) is 5.43 Å². The molecule has 0 aliphatic rings. The topological polar surface area (TPSA) is 81.9 Å². The molecule has 5 heteroatoms. The molecule has 0 unspecified atom stereocenters. The predicted molar refractivity (Wildman–Crippen MR) is 90.0 cm³/mol. The number of hydrogen-bond donors (Lipinski definition) is 3. The highest BCUT2D eigenvalue weighted by molar-refractivity contribution is 5.98. The summed E-state index contributed by atoms with van der Waals surface area (Å²) in [6, 6.07) is 15.8. The first-order valence-electron chi connectivity index (χ1n) is 7.18. The van der Waals surface area contributed by atoms with Gasteiger partial charge in [-0.15, -0.1) is 0 Å². The number of aliphatic hydroxyl groups is 1. The van der Waals surface area contributed by atoms with E-state index in [1.54, 1.807) is 18.2 Å². The first kappa shape index (κ1) is 16.5. The molecule has 0 aliphatic heterocycles. The molecule has 1 amide bonds. The molecule has 2 aromatic rings. The smallest absolute Gasteiger partial charge is 0.267 e. The second-order valence-electron chi connectivity index (χ2n) is 4.84. The second kappa shape index (κ2) is 8.51. The number of rotatable bonds is 6. The van der Waals surface area contributed by atoms with Crippen LogP contribution < -0.4 is 5.43 Å². The summed E-state index contributed by atoms with van der Waals surface area (Å²) in [5, 5.41) is 22.2. The van der Waals surface area contributed by atoms with Crippen molar-refractivity contribution in [2.75, 3.05) is 6.61 Å². The van der Waals surface area contributed by atoms with E-state index in [0.717, 1.165) is 11.1 Å². The van der Waals surface area contributed by atoms with E-state index in [4.69, 9.17) is 5.11 Å². The lowest BCUT2D eigenvalue weighted by Crippen LogP contribution is -2.20. The maximum Gasteiger partial charge on any atom is 0.267 e. The summed E-state index contributed by atoms with van der Waals surface area (Å²) >= 11 is 0. The van der Waals surface area contributed by atoms with Gasteiger partial charge in [-0.1, -0.05) is 30.3 Å². The Morgan fingerprint density at radius 2 is 1.74 bits per heavy atom. The minimum atomic E-state index is -0.363. The lowest BCUT2D eigenvalue weighted by Gasteiger charge is -2.04. The van der Waals surface area contributed by atoms with E-state index >= 15 is 0 Å². The van der Waals surface area contributed by atoms with Crippen LogP contribution in [0.5, 0.6) is 5.75 Å². The van der Waals surface area contributed by atoms with E-state index in [-0.39, 0.29) is 24.7 Å². The highest BCUT2D eigenvalue weighted by Gasteiger charge is 2.08. The van der Waals surface area contributed by atoms with Gasteiger partial charge in [0.2, 0.25) is 0 Å². The molecule has 0 radical (unpaired) electrons. The quantitative estimate of drug-likeness (QED) is 0.435. The largest absolute Gasteiger partial charge is 0.508 e. The van der Waals surface area contributed by atoms with Crippen molar-refractivity contribution in [3.8, 4) is 5.75 Å². The van der Waals surface area contributed by atoms with Crippen molar-refractivity contribution in [1.29, 1.82) is 0 Å². The lowest BCUT2D eigenvalue weighted by atomic mass is 10.1. The summed E-state index contributed by atoms with van der Waals surface area (Å²) in [5.41, 5.74) is 4.52. The van der Waals surface area contributed by atoms with Gasteiger partial charge < -0.3 is 10.2 Å². The predicted octanol–water partition coefficient (Wildman–Crippen LogP) is 2.31. The Hall–Kier alpha value is -2.92. The summed E-state index contributed by atoms with van der Waals surface area (Å²) in [6.45, 7) is -0.117. The zero-order valence-corrected chi connectivity index (χ0v) is 12.5. The molecule has 23 heavy (non-hydrogen) atoms. The zero-order valence-electron chi connectivity index (χ0n) is 12.5. The van der Waals surface area contributed by atoms with Crippen molar-refractivity contribution in [3.05, 3.63) is 71.3 Å². The number of aromatic hydroxyl groups is 1. The molecule has 0 bridgehead atoms. The van der Waals surface area contributed by atoms with Crippen LogP contribution in [0, 0.1) is 0 Å². The van der Waals surface area contributed by atoms with E-state index in [0.29, 0.717) is 5.57 Å². The van der Waals surface area contributed by atoms with Crippen LogP contribution in [0.25, 0.3) is 6.08 Å². The number of phenolic OH excluding ortho intramolecular Hbond substituents is 1. The van der Waals surface area contributed by atoms with Crippen molar-refractivity contribution in [2.45, 2.75) is 6.42 Å². The fourth-order valence-corrected chi connectivity index (χ4v) is 1.92. The molecule has 118 valence electrons. The average Bonchev–Trinajstić information content (AvgIpc) is 2.57. The van der Waals surface area contributed by atoms with E-state index in [1.807, 2.05) is 30.3 Å². The van der Waals surface area contributed by atoms with Gasteiger partial charge in [0.15, 0.2) is 0 Å². The minimum Gasteiger partial charge on any atom is -0.508 e. The number of nitrogens with one attached hydrogen (secondary N) is 1. The molecule has 0 aromatic heterocycles. The van der Waals surface area contributed by atoms with Gasteiger partial charge in [-0.3, -0.25) is 4.79 Å². The van der Waals surface area contributed by atoms with Crippen LogP contribution in [0.4, 0.5) is 0 Å². The van der Waals surface area contributed by atoms with Crippen LogP contribution in [0.3, 0.4) is 0 Å². The summed E-state index contributed by atoms with van der Waals surface area (Å²) < 4.78 is 0. The highest BCUT2D eigenvalue weighted by Crippen LogP contribution is 2.10. The number of nitrogens with zero attached hydrogens (tertiary/aromatic N) is 1. The third-order valence-corrected chi connectivity index (χ3v) is 3.09. The van der Waals surface area contributed by atoms with Crippen molar-refractivity contribution in [2.24, 2.45) is 5.10 Å². The van der Waals surface area contributed by atoms with E-state index in [1.165, 1.54) is 18.3 Å². The zero-order chi connectivity index (χ0) is 16.5. The Morgan fingerprint density at radius 3 is 2.39 bits per heavy atom. The van der Waals surface area contributed by atoms with Crippen LogP contribution in [-0.2, 0) is 4.79 Å². The first-order valence-corrected chi connectivity index (χ1v) is 7.18. The molecule has 0 saturated carbocycles. The molecule has 0 atom stereocenters. The normalized spacial score (nSPS) is 11.6. The summed E-state index contributed by atoms with van der Waals surface area (Å²) in [4.78, 5) is 12.1. The summed E-state index contributed by atoms with van der Waals surface area (Å²) in [5.74, 6) is -0.194. The van der Waals surface area contributed by atoms with Gasteiger partial charge in [-0.2, -0.15) is 5.10 Å². The summed E-state index contributed by atoms with van der Waals surface area (Å²) in [6.07, 6.45) is 3.45. The van der Waals surface area contributed by atoms with Crippen LogP contribution >= 0.6 is 0 Å². The van der Waals surface area contributed by atoms with E-state index in [2.05, 4.69) is 10.5 Å². The molecular formula is C18H18N2O3. The Balaban J connectivity index is 2.03. The number of benzene rings is 2. The van der Waals surface area contributed by atoms with Crippen LogP contribution in [0.15, 0.2) is 65.3 Å². The maximum absolute atomic E-state index is 12.1. The van der Waals surface area contributed by atoms with E-state index < -0.39 is 0 Å². The molecule has 0 fully saturated rings. The molecule has 0 aliphatic carbocycles. The van der Waals surface area contributed by atoms with Gasteiger partial charge >= 0.3 is 0 Å². The Kier molecular flexibility index (Phi) is 6.08. The molecule has 5 nitrogen and oxygen atoms in total. The van der Waals surface area contributed by atoms with Gasteiger partial charge in [0.1, 0.15) is 5.75 Å². The molecule has 0 spiro atoms. The fourth-order valence-electron chi connectivity index (χ4n) is 1.92. The SMILES string of the molecule is O=C(N/N=C\c1ccc(O)cc1)/C(=C/c1ccccc1)CCO. The summed E-state index contributed by atoms with van der Waals surface area (Å²) in [7, 11) is 0. The fraction of sp³-hybridized carbons (Fsp3) is 0.111. The first-order chi connectivity index (χ1) is 11.2. The number of aliphatic hydroxyl groups excluding tert-OH is 1. The van der Waals surface area contributed by atoms with Crippen LogP contribution in [0.2, 0.25) is 0 Å². The lowest BCUT2D eigenvalue weighted by molar-refractivity contribution is -0.117. The number of carbonyl (C=O) groups is 1. The van der Waals surface area contributed by atoms with Crippen molar-refractivity contribution >= 4 is 18.2 Å². The monoisotopic (exact) mass is 310 g/mol. The highest BCUT2D eigenvalue weighted by atomic mass is 16.3. The van der Waals surface area contributed by atoms with Gasteiger partial charge in [0.05, 0.1) is 6.21 Å². The average molecular weight is 310 g/mol.